The summed E-state index contributed by atoms with van der Waals surface area (Å²) in [5.41, 5.74) is 1.87. The molecule has 5 nitrogen and oxygen atoms in total. The van der Waals surface area contributed by atoms with Gasteiger partial charge in [-0.2, -0.15) is 5.26 Å². The summed E-state index contributed by atoms with van der Waals surface area (Å²) in [5.74, 6) is 0.171. The Hall–Kier alpha value is -3.00. The quantitative estimate of drug-likeness (QED) is 0.550. The number of carboxylic acids is 1. The van der Waals surface area contributed by atoms with E-state index < -0.39 is 5.97 Å². The first-order chi connectivity index (χ1) is 9.70. The van der Waals surface area contributed by atoms with Crippen molar-refractivity contribution in [1.29, 1.82) is 5.26 Å². The lowest BCUT2D eigenvalue weighted by Gasteiger charge is -2.22. The molecule has 0 atom stereocenters. The highest BCUT2D eigenvalue weighted by atomic mass is 16.5. The Morgan fingerprint density at radius 1 is 1.25 bits per heavy atom. The summed E-state index contributed by atoms with van der Waals surface area (Å²) in [6.07, 6.45) is 2.22. The Bertz CT molecular complexity index is 747. The molecular formula is C15H10N2O3. The predicted molar refractivity (Wildman–Crippen MR) is 72.0 cm³/mol. The first-order valence-electron chi connectivity index (χ1n) is 6.00. The van der Waals surface area contributed by atoms with E-state index in [4.69, 9.17) is 10.00 Å². The topological polar surface area (TPSA) is 82.4 Å². The summed E-state index contributed by atoms with van der Waals surface area (Å²) < 4.78 is 5.73. The van der Waals surface area contributed by atoms with Crippen LogP contribution >= 0.6 is 0 Å². The van der Waals surface area contributed by atoms with Gasteiger partial charge >= 0.3 is 5.97 Å². The summed E-state index contributed by atoms with van der Waals surface area (Å²) in [6, 6.07) is 10.7. The lowest BCUT2D eigenvalue weighted by Crippen LogP contribution is -2.12. The molecule has 1 heterocycles. The second-order valence-corrected chi connectivity index (χ2v) is 4.39. The van der Waals surface area contributed by atoms with Crippen molar-refractivity contribution in [3.8, 4) is 17.7 Å². The maximum absolute atomic E-state index is 11.5. The van der Waals surface area contributed by atoms with Crippen molar-refractivity contribution in [2.75, 3.05) is 5.32 Å². The highest BCUT2D eigenvalue weighted by molar-refractivity contribution is 5.97. The Balaban J connectivity index is 2.16. The van der Waals surface area contributed by atoms with E-state index in [0.29, 0.717) is 17.7 Å². The SMILES string of the molecule is N#CNc1ccc2c(c1C(=O)O)Cc1ccccc1O2. The fourth-order valence-corrected chi connectivity index (χ4v) is 2.37. The molecule has 0 amide bonds. The molecule has 0 bridgehead atoms. The van der Waals surface area contributed by atoms with E-state index in [-0.39, 0.29) is 11.3 Å². The van der Waals surface area contributed by atoms with Crippen molar-refractivity contribution in [3.63, 3.8) is 0 Å². The average molecular weight is 266 g/mol. The van der Waals surface area contributed by atoms with E-state index in [9.17, 15) is 9.90 Å². The molecule has 1 aliphatic heterocycles. The van der Waals surface area contributed by atoms with Crippen LogP contribution in [0.5, 0.6) is 11.5 Å². The molecule has 0 spiro atoms. The summed E-state index contributed by atoms with van der Waals surface area (Å²) >= 11 is 0. The van der Waals surface area contributed by atoms with Gasteiger partial charge in [0.15, 0.2) is 6.19 Å². The molecule has 0 fully saturated rings. The van der Waals surface area contributed by atoms with Crippen molar-refractivity contribution in [3.05, 3.63) is 53.1 Å². The van der Waals surface area contributed by atoms with E-state index in [1.165, 1.54) is 0 Å². The van der Waals surface area contributed by atoms with Crippen LogP contribution < -0.4 is 10.1 Å². The molecule has 2 aromatic rings. The molecule has 0 saturated carbocycles. The number of fused-ring (bicyclic) bond motifs is 2. The fourth-order valence-electron chi connectivity index (χ4n) is 2.37. The van der Waals surface area contributed by atoms with Crippen LogP contribution in [0.15, 0.2) is 36.4 Å². The number of nitrogens with zero attached hydrogens (tertiary/aromatic N) is 1. The van der Waals surface area contributed by atoms with Gasteiger partial charge < -0.3 is 9.84 Å². The van der Waals surface area contributed by atoms with Gasteiger partial charge in [0, 0.05) is 12.0 Å². The summed E-state index contributed by atoms with van der Waals surface area (Å²) in [4.78, 5) is 11.5. The van der Waals surface area contributed by atoms with Crippen molar-refractivity contribution in [1.82, 2.24) is 0 Å². The van der Waals surface area contributed by atoms with Gasteiger partial charge in [-0.15, -0.1) is 0 Å². The van der Waals surface area contributed by atoms with E-state index in [1.807, 2.05) is 24.3 Å². The minimum absolute atomic E-state index is 0.0820. The molecule has 20 heavy (non-hydrogen) atoms. The van der Waals surface area contributed by atoms with Crippen LogP contribution in [-0.4, -0.2) is 11.1 Å². The van der Waals surface area contributed by atoms with Gasteiger partial charge in [0.25, 0.3) is 0 Å². The molecule has 3 rings (SSSR count). The predicted octanol–water partition coefficient (Wildman–Crippen LogP) is 2.97. The first-order valence-corrected chi connectivity index (χ1v) is 6.00. The van der Waals surface area contributed by atoms with Gasteiger partial charge in [-0.1, -0.05) is 18.2 Å². The van der Waals surface area contributed by atoms with Gasteiger partial charge in [-0.3, -0.25) is 5.32 Å². The molecule has 0 saturated heterocycles. The Morgan fingerprint density at radius 3 is 2.80 bits per heavy atom. The number of carbonyl (C=O) groups is 1. The van der Waals surface area contributed by atoms with Gasteiger partial charge in [-0.25, -0.2) is 4.79 Å². The molecule has 0 radical (unpaired) electrons. The lowest BCUT2D eigenvalue weighted by atomic mass is 9.94. The van der Waals surface area contributed by atoms with Crippen molar-refractivity contribution < 1.29 is 14.6 Å². The third-order valence-corrected chi connectivity index (χ3v) is 3.23. The highest BCUT2D eigenvalue weighted by Crippen LogP contribution is 2.40. The monoisotopic (exact) mass is 266 g/mol. The summed E-state index contributed by atoms with van der Waals surface area (Å²) in [6.45, 7) is 0. The number of ether oxygens (including phenoxy) is 1. The largest absolute Gasteiger partial charge is 0.478 e. The zero-order valence-corrected chi connectivity index (χ0v) is 10.4. The van der Waals surface area contributed by atoms with Crippen LogP contribution in [0.25, 0.3) is 0 Å². The minimum atomic E-state index is -1.08. The van der Waals surface area contributed by atoms with E-state index >= 15 is 0 Å². The van der Waals surface area contributed by atoms with E-state index in [1.54, 1.807) is 18.3 Å². The molecule has 0 aromatic heterocycles. The van der Waals surface area contributed by atoms with Gasteiger partial charge in [0.2, 0.25) is 0 Å². The van der Waals surface area contributed by atoms with E-state index in [2.05, 4.69) is 5.32 Å². The second kappa shape index (κ2) is 4.59. The molecular weight excluding hydrogens is 256 g/mol. The van der Waals surface area contributed by atoms with Crippen LogP contribution in [0.3, 0.4) is 0 Å². The lowest BCUT2D eigenvalue weighted by molar-refractivity contribution is 0.0696. The Morgan fingerprint density at radius 2 is 2.05 bits per heavy atom. The number of aromatic carboxylic acids is 1. The van der Waals surface area contributed by atoms with Crippen LogP contribution in [0.4, 0.5) is 5.69 Å². The van der Waals surface area contributed by atoms with Gasteiger partial charge in [0.05, 0.1) is 11.3 Å². The number of hydrogen-bond acceptors (Lipinski definition) is 4. The second-order valence-electron chi connectivity index (χ2n) is 4.39. The molecule has 2 N–H and O–H groups in total. The van der Waals surface area contributed by atoms with Gasteiger partial charge in [-0.05, 0) is 23.8 Å². The Labute approximate surface area is 115 Å². The normalized spacial score (nSPS) is 11.6. The van der Waals surface area contributed by atoms with Crippen molar-refractivity contribution in [2.24, 2.45) is 0 Å². The number of rotatable bonds is 2. The van der Waals surface area contributed by atoms with Crippen LogP contribution in [0.1, 0.15) is 21.5 Å². The van der Waals surface area contributed by atoms with Crippen molar-refractivity contribution >= 4 is 11.7 Å². The molecule has 5 heteroatoms. The van der Waals surface area contributed by atoms with Crippen LogP contribution in [0.2, 0.25) is 0 Å². The average Bonchev–Trinajstić information content (AvgIpc) is 2.45. The smallest absolute Gasteiger partial charge is 0.338 e. The zero-order valence-electron chi connectivity index (χ0n) is 10.4. The number of para-hydroxylation sites is 1. The number of carboxylic acid groups (broad SMARTS) is 1. The standard InChI is InChI=1S/C15H10N2O3/c16-8-17-11-5-6-13-10(14(11)15(18)19)7-9-3-1-2-4-12(9)20-13/h1-6,17H,7H2,(H,18,19). The van der Waals surface area contributed by atoms with Crippen LogP contribution in [-0.2, 0) is 6.42 Å². The number of hydrogen-bond donors (Lipinski definition) is 2. The molecule has 0 unspecified atom stereocenters. The van der Waals surface area contributed by atoms with Crippen LogP contribution in [0, 0.1) is 11.5 Å². The highest BCUT2D eigenvalue weighted by Gasteiger charge is 2.25. The number of nitriles is 1. The number of benzene rings is 2. The summed E-state index contributed by atoms with van der Waals surface area (Å²) in [5, 5.41) is 20.5. The molecule has 2 aromatic carbocycles. The maximum atomic E-state index is 11.5. The fraction of sp³-hybridized carbons (Fsp3) is 0.0667. The number of nitrogens with one attached hydrogen (secondary N) is 1. The Kier molecular flexibility index (Phi) is 2.77. The van der Waals surface area contributed by atoms with Gasteiger partial charge in [0.1, 0.15) is 11.5 Å². The van der Waals surface area contributed by atoms with E-state index in [0.717, 1.165) is 11.3 Å². The molecule has 1 aliphatic rings. The first kappa shape index (κ1) is 12.1. The maximum Gasteiger partial charge on any atom is 0.338 e. The third-order valence-electron chi connectivity index (χ3n) is 3.23. The summed E-state index contributed by atoms with van der Waals surface area (Å²) in [7, 11) is 0. The molecule has 98 valence electrons. The number of anilines is 1. The third kappa shape index (κ3) is 1.84. The molecule has 0 aliphatic carbocycles. The van der Waals surface area contributed by atoms with Crippen molar-refractivity contribution in [2.45, 2.75) is 6.42 Å². The minimum Gasteiger partial charge on any atom is -0.478 e. The zero-order chi connectivity index (χ0) is 14.1.